The van der Waals surface area contributed by atoms with Crippen LogP contribution in [0.2, 0.25) is 0 Å². The van der Waals surface area contributed by atoms with E-state index in [4.69, 9.17) is 0 Å². The Morgan fingerprint density at radius 2 is 2.12 bits per heavy atom. The van der Waals surface area contributed by atoms with Gasteiger partial charge >= 0.3 is 0 Å². The van der Waals surface area contributed by atoms with E-state index in [-0.39, 0.29) is 0 Å². The second kappa shape index (κ2) is 6.86. The van der Waals surface area contributed by atoms with E-state index in [1.54, 1.807) is 12.7 Å². The van der Waals surface area contributed by atoms with Crippen LogP contribution in [0.5, 0.6) is 0 Å². The molecule has 0 unspecified atom stereocenters. The maximum atomic E-state index is 4.46. The third-order valence-electron chi connectivity index (χ3n) is 4.60. The van der Waals surface area contributed by atoms with Crippen LogP contribution in [-0.4, -0.2) is 45.6 Å². The lowest BCUT2D eigenvalue weighted by molar-refractivity contribution is 0.417. The molecule has 7 heteroatoms. The van der Waals surface area contributed by atoms with Gasteiger partial charge in [0.25, 0.3) is 0 Å². The maximum absolute atomic E-state index is 4.46. The van der Waals surface area contributed by atoms with Crippen molar-refractivity contribution in [3.8, 4) is 0 Å². The SMILES string of the molecule is Cc1ccc(CCNC2CCN(c3ncnc4nc[nH]c34)CC2)s1. The van der Waals surface area contributed by atoms with Crippen molar-refractivity contribution in [1.82, 2.24) is 25.3 Å². The molecule has 3 aromatic rings. The number of aromatic nitrogens is 4. The van der Waals surface area contributed by atoms with E-state index in [0.717, 1.165) is 55.9 Å². The summed E-state index contributed by atoms with van der Waals surface area (Å²) in [7, 11) is 0. The molecule has 0 aliphatic carbocycles. The molecule has 1 saturated heterocycles. The fourth-order valence-electron chi connectivity index (χ4n) is 3.31. The lowest BCUT2D eigenvalue weighted by Gasteiger charge is -2.33. The predicted octanol–water partition coefficient (Wildman–Crippen LogP) is 2.52. The van der Waals surface area contributed by atoms with Gasteiger partial charge in [-0.1, -0.05) is 0 Å². The van der Waals surface area contributed by atoms with Crippen LogP contribution in [0.25, 0.3) is 11.2 Å². The number of hydrogen-bond donors (Lipinski definition) is 2. The molecule has 1 aliphatic rings. The van der Waals surface area contributed by atoms with Crippen LogP contribution in [0.4, 0.5) is 5.82 Å². The van der Waals surface area contributed by atoms with Crippen LogP contribution in [-0.2, 0) is 6.42 Å². The zero-order valence-corrected chi connectivity index (χ0v) is 14.6. The smallest absolute Gasteiger partial charge is 0.182 e. The van der Waals surface area contributed by atoms with E-state index >= 15 is 0 Å². The molecule has 6 nitrogen and oxygen atoms in total. The van der Waals surface area contributed by atoms with Crippen molar-refractivity contribution in [1.29, 1.82) is 0 Å². The molecule has 24 heavy (non-hydrogen) atoms. The highest BCUT2D eigenvalue weighted by Gasteiger charge is 2.21. The monoisotopic (exact) mass is 342 g/mol. The second-order valence-corrected chi connectivity index (χ2v) is 7.65. The van der Waals surface area contributed by atoms with Crippen molar-refractivity contribution >= 4 is 28.3 Å². The minimum atomic E-state index is 0.599. The fourth-order valence-corrected chi connectivity index (χ4v) is 4.20. The molecule has 1 aliphatic heterocycles. The van der Waals surface area contributed by atoms with Gasteiger partial charge in [-0.25, -0.2) is 15.0 Å². The summed E-state index contributed by atoms with van der Waals surface area (Å²) < 4.78 is 0. The van der Waals surface area contributed by atoms with E-state index in [1.807, 2.05) is 11.3 Å². The zero-order chi connectivity index (χ0) is 16.4. The first-order chi connectivity index (χ1) is 11.8. The van der Waals surface area contributed by atoms with Crippen molar-refractivity contribution < 1.29 is 0 Å². The first-order valence-corrected chi connectivity index (χ1v) is 9.29. The molecule has 0 aromatic carbocycles. The molecule has 126 valence electrons. The number of rotatable bonds is 5. The Labute approximate surface area is 145 Å². The molecule has 0 radical (unpaired) electrons. The van der Waals surface area contributed by atoms with Gasteiger partial charge in [0, 0.05) is 35.4 Å². The van der Waals surface area contributed by atoms with Gasteiger partial charge in [0.15, 0.2) is 11.5 Å². The van der Waals surface area contributed by atoms with Crippen molar-refractivity contribution in [3.05, 3.63) is 34.5 Å². The van der Waals surface area contributed by atoms with Crippen LogP contribution in [0.15, 0.2) is 24.8 Å². The van der Waals surface area contributed by atoms with Crippen LogP contribution < -0.4 is 10.2 Å². The highest BCUT2D eigenvalue weighted by atomic mass is 32.1. The standard InChI is InChI=1S/C17H22N6S/c1-12-2-3-14(24-12)4-7-18-13-5-8-23(9-6-13)17-15-16(20-10-19-15)21-11-22-17/h2-3,10-11,13,18H,4-9H2,1H3,(H,19,20,21,22). The number of aromatic amines is 1. The number of H-pyrrole nitrogens is 1. The Kier molecular flexibility index (Phi) is 4.44. The van der Waals surface area contributed by atoms with E-state index in [9.17, 15) is 0 Å². The average molecular weight is 342 g/mol. The Morgan fingerprint density at radius 1 is 1.25 bits per heavy atom. The number of hydrogen-bond acceptors (Lipinski definition) is 6. The third kappa shape index (κ3) is 3.27. The van der Waals surface area contributed by atoms with E-state index in [2.05, 4.69) is 49.2 Å². The zero-order valence-electron chi connectivity index (χ0n) is 13.8. The molecule has 0 amide bonds. The molecule has 4 rings (SSSR count). The van der Waals surface area contributed by atoms with E-state index in [1.165, 1.54) is 9.75 Å². The number of imidazole rings is 1. The molecule has 3 aromatic heterocycles. The van der Waals surface area contributed by atoms with Crippen molar-refractivity contribution in [2.24, 2.45) is 0 Å². The Balaban J connectivity index is 1.29. The summed E-state index contributed by atoms with van der Waals surface area (Å²) in [6, 6.07) is 5.05. The van der Waals surface area contributed by atoms with Gasteiger partial charge in [-0.15, -0.1) is 11.3 Å². The number of anilines is 1. The topological polar surface area (TPSA) is 69.7 Å². The van der Waals surface area contributed by atoms with Gasteiger partial charge in [0.2, 0.25) is 0 Å². The van der Waals surface area contributed by atoms with Crippen molar-refractivity contribution in [3.63, 3.8) is 0 Å². The summed E-state index contributed by atoms with van der Waals surface area (Å²) in [5.41, 5.74) is 1.68. The predicted molar refractivity (Wildman–Crippen MR) is 97.7 cm³/mol. The van der Waals surface area contributed by atoms with Crippen LogP contribution >= 0.6 is 11.3 Å². The number of piperidine rings is 1. The summed E-state index contributed by atoms with van der Waals surface area (Å²) in [4.78, 5) is 21.2. The molecule has 2 N–H and O–H groups in total. The summed E-state index contributed by atoms with van der Waals surface area (Å²) in [6.07, 6.45) is 6.70. The fraction of sp³-hybridized carbons (Fsp3) is 0.471. The minimum absolute atomic E-state index is 0.599. The van der Waals surface area contributed by atoms with Crippen molar-refractivity contribution in [2.45, 2.75) is 32.2 Å². The third-order valence-corrected chi connectivity index (χ3v) is 5.66. The lowest BCUT2D eigenvalue weighted by Crippen LogP contribution is -2.43. The number of nitrogens with one attached hydrogen (secondary N) is 2. The van der Waals surface area contributed by atoms with Crippen molar-refractivity contribution in [2.75, 3.05) is 24.5 Å². The lowest BCUT2D eigenvalue weighted by atomic mass is 10.0. The molecule has 0 atom stereocenters. The maximum Gasteiger partial charge on any atom is 0.182 e. The largest absolute Gasteiger partial charge is 0.355 e. The molecule has 4 heterocycles. The highest BCUT2D eigenvalue weighted by molar-refractivity contribution is 7.11. The Morgan fingerprint density at radius 3 is 2.92 bits per heavy atom. The first-order valence-electron chi connectivity index (χ1n) is 8.47. The number of nitrogens with zero attached hydrogens (tertiary/aromatic N) is 4. The Bertz CT molecular complexity index is 802. The number of thiophene rings is 1. The summed E-state index contributed by atoms with van der Waals surface area (Å²) in [6.45, 7) is 5.26. The van der Waals surface area contributed by atoms with Gasteiger partial charge in [-0.2, -0.15) is 0 Å². The van der Waals surface area contributed by atoms with Crippen LogP contribution in [0, 0.1) is 6.92 Å². The summed E-state index contributed by atoms with van der Waals surface area (Å²) in [5.74, 6) is 0.977. The van der Waals surface area contributed by atoms with Gasteiger partial charge in [-0.05, 0) is 38.3 Å². The van der Waals surface area contributed by atoms with Crippen LogP contribution in [0.1, 0.15) is 22.6 Å². The minimum Gasteiger partial charge on any atom is -0.355 e. The molecular formula is C17H22N6S. The summed E-state index contributed by atoms with van der Waals surface area (Å²) >= 11 is 1.90. The highest BCUT2D eigenvalue weighted by Crippen LogP contribution is 2.23. The van der Waals surface area contributed by atoms with E-state index in [0.29, 0.717) is 6.04 Å². The van der Waals surface area contributed by atoms with Crippen LogP contribution in [0.3, 0.4) is 0 Å². The first kappa shape index (κ1) is 15.5. The van der Waals surface area contributed by atoms with Gasteiger partial charge in [0.05, 0.1) is 6.33 Å². The normalized spacial score (nSPS) is 16.1. The number of fused-ring (bicyclic) bond motifs is 1. The molecule has 1 fully saturated rings. The average Bonchev–Trinajstić information content (AvgIpc) is 3.24. The molecule has 0 saturated carbocycles. The Hall–Kier alpha value is -1.99. The summed E-state index contributed by atoms with van der Waals surface area (Å²) in [5, 5.41) is 3.71. The van der Waals surface area contributed by atoms with E-state index < -0.39 is 0 Å². The second-order valence-electron chi connectivity index (χ2n) is 6.28. The molecule has 0 bridgehead atoms. The van der Waals surface area contributed by atoms with Gasteiger partial charge in [0.1, 0.15) is 11.8 Å². The molecule has 0 spiro atoms. The molecular weight excluding hydrogens is 320 g/mol. The van der Waals surface area contributed by atoms with Gasteiger partial charge in [-0.3, -0.25) is 0 Å². The van der Waals surface area contributed by atoms with Gasteiger partial charge < -0.3 is 15.2 Å². The quantitative estimate of drug-likeness (QED) is 0.746. The number of aryl methyl sites for hydroxylation is 1.